The maximum absolute atomic E-state index is 10.6. The maximum atomic E-state index is 10.6. The first-order valence-electron chi connectivity index (χ1n) is 4.16. The Morgan fingerprint density at radius 1 is 1.82 bits per heavy atom. The fraction of sp³-hybridized carbons (Fsp3) is 0.875. The quantitative estimate of drug-likeness (QED) is 0.674. The van der Waals surface area contributed by atoms with Gasteiger partial charge in [-0.3, -0.25) is 0 Å². The number of carbonyl (C=O) groups is 1. The summed E-state index contributed by atoms with van der Waals surface area (Å²) in [4.78, 5) is 10.6. The molecule has 3 nitrogen and oxygen atoms in total. The summed E-state index contributed by atoms with van der Waals surface area (Å²) in [7, 11) is 0. The summed E-state index contributed by atoms with van der Waals surface area (Å²) >= 11 is 0. The van der Waals surface area contributed by atoms with E-state index in [-0.39, 0.29) is 12.2 Å². The van der Waals surface area contributed by atoms with Gasteiger partial charge in [0.25, 0.3) is 0 Å². The van der Waals surface area contributed by atoms with Crippen molar-refractivity contribution < 1.29 is 9.53 Å². The molecule has 0 aromatic rings. The second-order valence-corrected chi connectivity index (χ2v) is 3.16. The number of hydrogen-bond acceptors (Lipinski definition) is 2. The second kappa shape index (κ2) is 3.60. The van der Waals surface area contributed by atoms with E-state index in [0.717, 1.165) is 12.8 Å². The number of cyclic esters (lactones) is 1. The molecule has 2 unspecified atom stereocenters. The van der Waals surface area contributed by atoms with Crippen LogP contribution in [0.5, 0.6) is 0 Å². The Labute approximate surface area is 67.1 Å². The van der Waals surface area contributed by atoms with Crippen molar-refractivity contribution in [2.75, 3.05) is 6.54 Å². The highest BCUT2D eigenvalue weighted by molar-refractivity contribution is 5.69. The molecule has 0 radical (unpaired) electrons. The van der Waals surface area contributed by atoms with Crippen LogP contribution in [0.1, 0.15) is 26.7 Å². The van der Waals surface area contributed by atoms with E-state index < -0.39 is 0 Å². The Hall–Kier alpha value is -0.730. The third-order valence-corrected chi connectivity index (χ3v) is 2.11. The van der Waals surface area contributed by atoms with Gasteiger partial charge in [-0.2, -0.15) is 0 Å². The molecule has 1 rings (SSSR count). The molecule has 1 amide bonds. The number of hydrogen-bond donors (Lipinski definition) is 1. The summed E-state index contributed by atoms with van der Waals surface area (Å²) < 4.78 is 4.98. The van der Waals surface area contributed by atoms with Crippen LogP contribution in [-0.4, -0.2) is 18.7 Å². The molecule has 0 aliphatic carbocycles. The smallest absolute Gasteiger partial charge is 0.407 e. The van der Waals surface area contributed by atoms with Gasteiger partial charge in [-0.05, 0) is 12.3 Å². The zero-order valence-corrected chi connectivity index (χ0v) is 7.09. The van der Waals surface area contributed by atoms with Gasteiger partial charge in [0.1, 0.15) is 6.10 Å². The molecule has 0 spiro atoms. The summed E-state index contributed by atoms with van der Waals surface area (Å²) in [6, 6.07) is 0. The van der Waals surface area contributed by atoms with Crippen LogP contribution in [0.4, 0.5) is 4.79 Å². The molecule has 1 aliphatic rings. The highest BCUT2D eigenvalue weighted by Crippen LogP contribution is 2.14. The van der Waals surface area contributed by atoms with Crippen LogP contribution in [0.25, 0.3) is 0 Å². The van der Waals surface area contributed by atoms with E-state index in [9.17, 15) is 4.79 Å². The summed E-state index contributed by atoms with van der Waals surface area (Å²) in [5.74, 6) is 0.646. The lowest BCUT2D eigenvalue weighted by Crippen LogP contribution is -2.16. The van der Waals surface area contributed by atoms with Gasteiger partial charge in [0.05, 0.1) is 6.54 Å². The molecule has 64 valence electrons. The molecule has 1 heterocycles. The molecule has 1 aliphatic heterocycles. The molecule has 0 aromatic carbocycles. The minimum absolute atomic E-state index is 0.109. The molecule has 1 fully saturated rings. The van der Waals surface area contributed by atoms with Crippen LogP contribution in [0.15, 0.2) is 0 Å². The van der Waals surface area contributed by atoms with Crippen molar-refractivity contribution >= 4 is 6.09 Å². The minimum atomic E-state index is -0.265. The van der Waals surface area contributed by atoms with Crippen LogP contribution in [-0.2, 0) is 4.74 Å². The number of rotatable bonds is 3. The number of amides is 1. The molecule has 3 heteroatoms. The molecular weight excluding hydrogens is 142 g/mol. The third-order valence-electron chi connectivity index (χ3n) is 2.11. The second-order valence-electron chi connectivity index (χ2n) is 3.16. The monoisotopic (exact) mass is 157 g/mol. The Morgan fingerprint density at radius 3 is 3.00 bits per heavy atom. The minimum Gasteiger partial charge on any atom is -0.444 e. The van der Waals surface area contributed by atoms with Gasteiger partial charge >= 0.3 is 6.09 Å². The number of alkyl carbamates (subject to hydrolysis) is 1. The summed E-state index contributed by atoms with van der Waals surface area (Å²) in [6.45, 7) is 5.00. The predicted molar refractivity (Wildman–Crippen MR) is 42.3 cm³/mol. The van der Waals surface area contributed by atoms with Gasteiger partial charge in [-0.1, -0.05) is 20.3 Å². The summed E-state index contributed by atoms with van der Waals surface area (Å²) in [6.07, 6.45) is 1.97. The van der Waals surface area contributed by atoms with Gasteiger partial charge < -0.3 is 10.1 Å². The van der Waals surface area contributed by atoms with Crippen molar-refractivity contribution in [3.05, 3.63) is 0 Å². The number of carbonyl (C=O) groups excluding carboxylic acids is 1. The molecule has 1 saturated heterocycles. The van der Waals surface area contributed by atoms with Gasteiger partial charge in [0.15, 0.2) is 0 Å². The van der Waals surface area contributed by atoms with Crippen molar-refractivity contribution in [1.82, 2.24) is 5.32 Å². The van der Waals surface area contributed by atoms with E-state index in [1.54, 1.807) is 0 Å². The fourth-order valence-electron chi connectivity index (χ4n) is 1.18. The number of ether oxygens (including phenoxy) is 1. The van der Waals surface area contributed by atoms with Crippen LogP contribution in [0.3, 0.4) is 0 Å². The molecular formula is C8H15NO2. The molecule has 1 N–H and O–H groups in total. The lowest BCUT2D eigenvalue weighted by atomic mass is 10.0. The Bertz CT molecular complexity index is 147. The summed E-state index contributed by atoms with van der Waals surface area (Å²) in [5.41, 5.74) is 0. The van der Waals surface area contributed by atoms with E-state index in [1.807, 2.05) is 0 Å². The average molecular weight is 157 g/mol. The van der Waals surface area contributed by atoms with Crippen molar-refractivity contribution in [1.29, 1.82) is 0 Å². The Balaban J connectivity index is 2.22. The predicted octanol–water partition coefficient (Wildman–Crippen LogP) is 1.53. The zero-order chi connectivity index (χ0) is 8.27. The molecule has 0 aromatic heterocycles. The van der Waals surface area contributed by atoms with Crippen molar-refractivity contribution in [2.24, 2.45) is 5.92 Å². The first-order valence-corrected chi connectivity index (χ1v) is 4.16. The van der Waals surface area contributed by atoms with Crippen molar-refractivity contribution in [3.63, 3.8) is 0 Å². The van der Waals surface area contributed by atoms with E-state index in [2.05, 4.69) is 19.2 Å². The topological polar surface area (TPSA) is 38.3 Å². The lowest BCUT2D eigenvalue weighted by Gasteiger charge is -2.11. The van der Waals surface area contributed by atoms with E-state index >= 15 is 0 Å². The summed E-state index contributed by atoms with van der Waals surface area (Å²) in [5, 5.41) is 2.64. The molecule has 0 saturated carbocycles. The van der Waals surface area contributed by atoms with Gasteiger partial charge in [-0.25, -0.2) is 4.79 Å². The lowest BCUT2D eigenvalue weighted by molar-refractivity contribution is 0.126. The van der Waals surface area contributed by atoms with Gasteiger partial charge in [0.2, 0.25) is 0 Å². The SMILES string of the molecule is CCC(C)CC1CNC(=O)O1. The Kier molecular flexibility index (Phi) is 2.74. The highest BCUT2D eigenvalue weighted by Gasteiger charge is 2.23. The van der Waals surface area contributed by atoms with Crippen molar-refractivity contribution in [2.45, 2.75) is 32.8 Å². The van der Waals surface area contributed by atoms with E-state index in [4.69, 9.17) is 4.74 Å². The van der Waals surface area contributed by atoms with Crippen molar-refractivity contribution in [3.8, 4) is 0 Å². The first-order chi connectivity index (χ1) is 5.22. The Morgan fingerprint density at radius 2 is 2.55 bits per heavy atom. The van der Waals surface area contributed by atoms with E-state index in [0.29, 0.717) is 12.5 Å². The standard InChI is InChI=1S/C8H15NO2/c1-3-6(2)4-7-5-9-8(10)11-7/h6-7H,3-5H2,1-2H3,(H,9,10). The first kappa shape index (κ1) is 8.37. The van der Waals surface area contributed by atoms with Gasteiger partial charge in [0, 0.05) is 0 Å². The molecule has 2 atom stereocenters. The normalized spacial score (nSPS) is 26.0. The third kappa shape index (κ3) is 2.41. The molecule has 0 bridgehead atoms. The van der Waals surface area contributed by atoms with Crippen LogP contribution in [0, 0.1) is 5.92 Å². The van der Waals surface area contributed by atoms with Gasteiger partial charge in [-0.15, -0.1) is 0 Å². The maximum Gasteiger partial charge on any atom is 0.407 e. The molecule has 11 heavy (non-hydrogen) atoms. The zero-order valence-electron chi connectivity index (χ0n) is 7.09. The van der Waals surface area contributed by atoms with E-state index in [1.165, 1.54) is 0 Å². The average Bonchev–Trinajstić information content (AvgIpc) is 2.35. The highest BCUT2D eigenvalue weighted by atomic mass is 16.6. The van der Waals surface area contributed by atoms with Crippen LogP contribution >= 0.6 is 0 Å². The largest absolute Gasteiger partial charge is 0.444 e. The fourth-order valence-corrected chi connectivity index (χ4v) is 1.18. The van der Waals surface area contributed by atoms with Crippen LogP contribution in [0.2, 0.25) is 0 Å². The van der Waals surface area contributed by atoms with Crippen LogP contribution < -0.4 is 5.32 Å². The number of nitrogens with one attached hydrogen (secondary N) is 1.